The molecule has 0 amide bonds. The number of nitrogens with one attached hydrogen (secondary N) is 1. The summed E-state index contributed by atoms with van der Waals surface area (Å²) in [6, 6.07) is 2.94. The van der Waals surface area contributed by atoms with E-state index in [4.69, 9.17) is 9.15 Å². The predicted molar refractivity (Wildman–Crippen MR) is 69.5 cm³/mol. The number of hydrogen-bond donors (Lipinski definition) is 1. The van der Waals surface area contributed by atoms with Crippen molar-refractivity contribution in [1.82, 2.24) is 10.2 Å². The summed E-state index contributed by atoms with van der Waals surface area (Å²) < 4.78 is 11.3. The van der Waals surface area contributed by atoms with E-state index in [1.807, 2.05) is 12.3 Å². The Morgan fingerprint density at radius 1 is 1.56 bits per heavy atom. The van der Waals surface area contributed by atoms with E-state index in [9.17, 15) is 0 Å². The van der Waals surface area contributed by atoms with E-state index in [0.717, 1.165) is 19.7 Å². The average Bonchev–Trinajstić information content (AvgIpc) is 3.05. The molecule has 0 spiro atoms. The minimum atomic E-state index is 0.233. The largest absolute Gasteiger partial charge is 0.472 e. The Hall–Kier alpha value is -0.840. The van der Waals surface area contributed by atoms with Crippen LogP contribution >= 0.6 is 0 Å². The summed E-state index contributed by atoms with van der Waals surface area (Å²) in [5, 5.41) is 3.52. The van der Waals surface area contributed by atoms with E-state index >= 15 is 0 Å². The van der Waals surface area contributed by atoms with Crippen molar-refractivity contribution in [3.63, 3.8) is 0 Å². The van der Waals surface area contributed by atoms with E-state index in [1.165, 1.54) is 24.9 Å². The van der Waals surface area contributed by atoms with Crippen LogP contribution in [0.5, 0.6) is 0 Å². The molecule has 2 saturated heterocycles. The van der Waals surface area contributed by atoms with E-state index in [2.05, 4.69) is 17.1 Å². The van der Waals surface area contributed by atoms with Crippen LogP contribution in [0.3, 0.4) is 0 Å². The van der Waals surface area contributed by atoms with Gasteiger partial charge < -0.3 is 14.5 Å². The van der Waals surface area contributed by atoms with Crippen molar-refractivity contribution in [2.45, 2.75) is 38.0 Å². The monoisotopic (exact) mass is 250 g/mol. The molecule has 18 heavy (non-hydrogen) atoms. The Morgan fingerprint density at radius 2 is 2.50 bits per heavy atom. The SMILES string of the molecule is CCNC(c1ccoc1)C1CN2CCCC2CO1. The maximum Gasteiger partial charge on any atom is 0.0951 e. The second-order valence-electron chi connectivity index (χ2n) is 5.25. The standard InChI is InChI=1S/C14H22N2O2/c1-2-15-14(11-5-7-17-9-11)13-8-16-6-3-4-12(16)10-18-13/h5,7,9,12-15H,2-4,6,8,10H2,1H3. The number of nitrogens with zero attached hydrogens (tertiary/aromatic N) is 1. The third-order valence-electron chi connectivity index (χ3n) is 4.11. The molecule has 3 atom stereocenters. The van der Waals surface area contributed by atoms with Gasteiger partial charge in [-0.05, 0) is 32.0 Å². The maximum atomic E-state index is 6.08. The summed E-state index contributed by atoms with van der Waals surface area (Å²) in [4.78, 5) is 2.58. The molecule has 4 heteroatoms. The summed E-state index contributed by atoms with van der Waals surface area (Å²) in [7, 11) is 0. The number of morpholine rings is 1. The lowest BCUT2D eigenvalue weighted by Crippen LogP contribution is -2.50. The van der Waals surface area contributed by atoms with Crippen LogP contribution in [0.4, 0.5) is 0 Å². The lowest BCUT2D eigenvalue weighted by Gasteiger charge is -2.38. The zero-order chi connectivity index (χ0) is 12.4. The van der Waals surface area contributed by atoms with Gasteiger partial charge in [-0.1, -0.05) is 6.92 Å². The van der Waals surface area contributed by atoms with Crippen LogP contribution < -0.4 is 5.32 Å². The summed E-state index contributed by atoms with van der Waals surface area (Å²) in [5.74, 6) is 0. The van der Waals surface area contributed by atoms with Gasteiger partial charge in [0.2, 0.25) is 0 Å². The molecule has 3 unspecified atom stereocenters. The maximum absolute atomic E-state index is 6.08. The third kappa shape index (κ3) is 2.32. The quantitative estimate of drug-likeness (QED) is 0.884. The zero-order valence-electron chi connectivity index (χ0n) is 11.0. The second-order valence-corrected chi connectivity index (χ2v) is 5.25. The van der Waals surface area contributed by atoms with Crippen molar-refractivity contribution in [2.75, 3.05) is 26.2 Å². The summed E-state index contributed by atoms with van der Waals surface area (Å²) in [6.07, 6.45) is 6.41. The van der Waals surface area contributed by atoms with Crippen LogP contribution in [0.1, 0.15) is 31.4 Å². The van der Waals surface area contributed by atoms with Gasteiger partial charge in [0.25, 0.3) is 0 Å². The fraction of sp³-hybridized carbons (Fsp3) is 0.714. The van der Waals surface area contributed by atoms with Crippen LogP contribution in [-0.2, 0) is 4.74 Å². The molecule has 2 aliphatic heterocycles. The van der Waals surface area contributed by atoms with Gasteiger partial charge in [-0.3, -0.25) is 4.90 Å². The minimum absolute atomic E-state index is 0.233. The molecule has 0 aliphatic carbocycles. The number of rotatable bonds is 4. The number of furan rings is 1. The first-order valence-corrected chi connectivity index (χ1v) is 6.99. The fourth-order valence-corrected chi connectivity index (χ4v) is 3.18. The third-order valence-corrected chi connectivity index (χ3v) is 4.11. The summed E-state index contributed by atoms with van der Waals surface area (Å²) >= 11 is 0. The van der Waals surface area contributed by atoms with Crippen LogP contribution in [0.25, 0.3) is 0 Å². The molecule has 0 saturated carbocycles. The molecule has 1 aromatic rings. The molecule has 0 aromatic carbocycles. The van der Waals surface area contributed by atoms with E-state index < -0.39 is 0 Å². The van der Waals surface area contributed by atoms with Gasteiger partial charge in [0.15, 0.2) is 0 Å². The first-order chi connectivity index (χ1) is 8.88. The Morgan fingerprint density at radius 3 is 3.28 bits per heavy atom. The highest BCUT2D eigenvalue weighted by molar-refractivity contribution is 5.14. The molecular weight excluding hydrogens is 228 g/mol. The molecular formula is C14H22N2O2. The summed E-state index contributed by atoms with van der Waals surface area (Å²) in [6.45, 7) is 6.22. The minimum Gasteiger partial charge on any atom is -0.472 e. The van der Waals surface area contributed by atoms with Gasteiger partial charge >= 0.3 is 0 Å². The number of hydrogen-bond acceptors (Lipinski definition) is 4. The lowest BCUT2D eigenvalue weighted by atomic mass is 10.0. The van der Waals surface area contributed by atoms with Crippen molar-refractivity contribution in [3.05, 3.63) is 24.2 Å². The highest BCUT2D eigenvalue weighted by Gasteiger charge is 2.36. The van der Waals surface area contributed by atoms with E-state index in [-0.39, 0.29) is 12.1 Å². The highest BCUT2D eigenvalue weighted by Crippen LogP contribution is 2.28. The van der Waals surface area contributed by atoms with Crippen molar-refractivity contribution < 1.29 is 9.15 Å². The van der Waals surface area contributed by atoms with Crippen molar-refractivity contribution in [2.24, 2.45) is 0 Å². The summed E-state index contributed by atoms with van der Waals surface area (Å²) in [5.41, 5.74) is 1.19. The Kier molecular flexibility index (Phi) is 3.68. The molecule has 3 heterocycles. The topological polar surface area (TPSA) is 37.6 Å². The molecule has 100 valence electrons. The Labute approximate surface area is 108 Å². The first-order valence-electron chi connectivity index (χ1n) is 6.99. The van der Waals surface area contributed by atoms with Crippen LogP contribution in [0.2, 0.25) is 0 Å². The van der Waals surface area contributed by atoms with Crippen LogP contribution in [-0.4, -0.2) is 43.3 Å². The Balaban J connectivity index is 1.71. The van der Waals surface area contributed by atoms with Gasteiger partial charge in [0, 0.05) is 18.2 Å². The van der Waals surface area contributed by atoms with Gasteiger partial charge in [0.05, 0.1) is 31.3 Å². The van der Waals surface area contributed by atoms with Gasteiger partial charge in [-0.25, -0.2) is 0 Å². The highest BCUT2D eigenvalue weighted by atomic mass is 16.5. The van der Waals surface area contributed by atoms with Gasteiger partial charge in [-0.15, -0.1) is 0 Å². The average molecular weight is 250 g/mol. The van der Waals surface area contributed by atoms with Crippen LogP contribution in [0.15, 0.2) is 23.0 Å². The smallest absolute Gasteiger partial charge is 0.0951 e. The van der Waals surface area contributed by atoms with E-state index in [0.29, 0.717) is 6.04 Å². The molecule has 3 rings (SSSR count). The molecule has 4 nitrogen and oxygen atoms in total. The normalized spacial score (nSPS) is 30.3. The van der Waals surface area contributed by atoms with Crippen molar-refractivity contribution in [1.29, 1.82) is 0 Å². The van der Waals surface area contributed by atoms with Crippen molar-refractivity contribution in [3.8, 4) is 0 Å². The zero-order valence-corrected chi connectivity index (χ0v) is 11.0. The number of likely N-dealkylation sites (N-methyl/N-ethyl adjacent to an activating group) is 1. The molecule has 1 N–H and O–H groups in total. The second kappa shape index (κ2) is 5.43. The predicted octanol–water partition coefficient (Wildman–Crippen LogP) is 1.79. The number of fused-ring (bicyclic) bond motifs is 1. The number of ether oxygens (including phenoxy) is 1. The van der Waals surface area contributed by atoms with Gasteiger partial charge in [-0.2, -0.15) is 0 Å². The molecule has 0 radical (unpaired) electrons. The molecule has 2 fully saturated rings. The molecule has 0 bridgehead atoms. The van der Waals surface area contributed by atoms with Crippen LogP contribution in [0, 0.1) is 0 Å². The Bertz CT molecular complexity index is 366. The lowest BCUT2D eigenvalue weighted by molar-refractivity contribution is -0.0651. The van der Waals surface area contributed by atoms with Gasteiger partial charge in [0.1, 0.15) is 0 Å². The fourth-order valence-electron chi connectivity index (χ4n) is 3.18. The molecule has 1 aromatic heterocycles. The molecule has 2 aliphatic rings. The first kappa shape index (κ1) is 12.2. The van der Waals surface area contributed by atoms with E-state index in [1.54, 1.807) is 6.26 Å². The van der Waals surface area contributed by atoms with Crippen molar-refractivity contribution >= 4 is 0 Å².